The summed E-state index contributed by atoms with van der Waals surface area (Å²) in [5, 5.41) is 7.79. The van der Waals surface area contributed by atoms with Crippen LogP contribution in [-0.4, -0.2) is 31.1 Å². The van der Waals surface area contributed by atoms with Gasteiger partial charge >= 0.3 is 0 Å². The van der Waals surface area contributed by atoms with Crippen molar-refractivity contribution in [1.82, 2.24) is 24.6 Å². The van der Waals surface area contributed by atoms with E-state index in [-0.39, 0.29) is 0 Å². The predicted molar refractivity (Wildman–Crippen MR) is 95.4 cm³/mol. The lowest BCUT2D eigenvalue weighted by molar-refractivity contribution is 0.878. The number of hydrogen-bond acceptors (Lipinski definition) is 4. The van der Waals surface area contributed by atoms with Crippen LogP contribution in [0, 0.1) is 6.92 Å². The van der Waals surface area contributed by atoms with Crippen LogP contribution in [-0.2, 0) is 12.8 Å². The molecule has 4 aromatic rings. The summed E-state index contributed by atoms with van der Waals surface area (Å²) in [5.74, 6) is 1.96. The Bertz CT molecular complexity index is 997. The molecule has 0 fully saturated rings. The maximum Gasteiger partial charge on any atom is 0.157 e. The number of rotatable bonds is 5. The number of aromatic nitrogens is 5. The van der Waals surface area contributed by atoms with Gasteiger partial charge < -0.3 is 10.3 Å². The van der Waals surface area contributed by atoms with Gasteiger partial charge in [0.25, 0.3) is 0 Å². The minimum Gasteiger partial charge on any atom is -0.369 e. The Morgan fingerprint density at radius 1 is 1.17 bits per heavy atom. The van der Waals surface area contributed by atoms with Gasteiger partial charge in [0, 0.05) is 30.8 Å². The van der Waals surface area contributed by atoms with Crippen molar-refractivity contribution in [2.45, 2.75) is 26.7 Å². The van der Waals surface area contributed by atoms with Crippen molar-refractivity contribution >= 4 is 22.5 Å². The minimum absolute atomic E-state index is 0.779. The van der Waals surface area contributed by atoms with Gasteiger partial charge in [-0.2, -0.15) is 9.61 Å². The first kappa shape index (κ1) is 14.7. The molecule has 0 aliphatic rings. The van der Waals surface area contributed by atoms with Crippen LogP contribution >= 0.6 is 0 Å². The summed E-state index contributed by atoms with van der Waals surface area (Å²) < 4.78 is 1.83. The van der Waals surface area contributed by atoms with Gasteiger partial charge in [0.2, 0.25) is 0 Å². The third-order valence-electron chi connectivity index (χ3n) is 4.13. The standard InChI is InChI=1S/C18H20N6/c1-3-13-11-18(24-17(21-13)7-9-20-24)19-8-6-16-22-14-5-4-12(2)10-15(14)23-16/h4-5,7,9-11,19H,3,6,8H2,1-2H3,(H,22,23). The number of H-pyrrole nitrogens is 1. The second-order valence-corrected chi connectivity index (χ2v) is 5.97. The second-order valence-electron chi connectivity index (χ2n) is 5.97. The highest BCUT2D eigenvalue weighted by Gasteiger charge is 2.07. The molecule has 3 heterocycles. The highest BCUT2D eigenvalue weighted by Crippen LogP contribution is 2.15. The quantitative estimate of drug-likeness (QED) is 0.593. The zero-order valence-electron chi connectivity index (χ0n) is 13.9. The molecule has 0 bridgehead atoms. The second kappa shape index (κ2) is 5.96. The summed E-state index contributed by atoms with van der Waals surface area (Å²) in [7, 11) is 0. The van der Waals surface area contributed by atoms with Crippen molar-refractivity contribution in [1.29, 1.82) is 0 Å². The van der Waals surface area contributed by atoms with E-state index in [4.69, 9.17) is 0 Å². The molecule has 1 aromatic carbocycles. The van der Waals surface area contributed by atoms with Crippen molar-refractivity contribution in [3.8, 4) is 0 Å². The zero-order chi connectivity index (χ0) is 16.5. The molecule has 6 nitrogen and oxygen atoms in total. The van der Waals surface area contributed by atoms with E-state index in [1.807, 2.05) is 10.6 Å². The number of fused-ring (bicyclic) bond motifs is 2. The number of aromatic amines is 1. The van der Waals surface area contributed by atoms with Crippen molar-refractivity contribution < 1.29 is 0 Å². The fraction of sp³-hybridized carbons (Fsp3) is 0.278. The van der Waals surface area contributed by atoms with E-state index >= 15 is 0 Å². The number of hydrogen-bond donors (Lipinski definition) is 2. The lowest BCUT2D eigenvalue weighted by Crippen LogP contribution is -2.11. The predicted octanol–water partition coefficient (Wildman–Crippen LogP) is 3.13. The van der Waals surface area contributed by atoms with Crippen molar-refractivity contribution in [2.24, 2.45) is 0 Å². The molecule has 122 valence electrons. The highest BCUT2D eigenvalue weighted by atomic mass is 15.3. The zero-order valence-corrected chi connectivity index (χ0v) is 13.9. The van der Waals surface area contributed by atoms with Crippen LogP contribution in [0.25, 0.3) is 16.7 Å². The molecular formula is C18H20N6. The summed E-state index contributed by atoms with van der Waals surface area (Å²) in [5.41, 5.74) is 5.28. The van der Waals surface area contributed by atoms with E-state index in [0.717, 1.165) is 53.4 Å². The fourth-order valence-corrected chi connectivity index (χ4v) is 2.88. The van der Waals surface area contributed by atoms with E-state index in [1.165, 1.54) is 5.56 Å². The monoisotopic (exact) mass is 320 g/mol. The molecule has 24 heavy (non-hydrogen) atoms. The largest absolute Gasteiger partial charge is 0.369 e. The van der Waals surface area contributed by atoms with Gasteiger partial charge in [0.1, 0.15) is 11.6 Å². The highest BCUT2D eigenvalue weighted by molar-refractivity contribution is 5.75. The first-order chi connectivity index (χ1) is 11.7. The first-order valence-corrected chi connectivity index (χ1v) is 8.25. The van der Waals surface area contributed by atoms with E-state index in [9.17, 15) is 0 Å². The van der Waals surface area contributed by atoms with Gasteiger partial charge in [-0.3, -0.25) is 0 Å². The SMILES string of the molecule is CCc1cc(NCCc2nc3ccc(C)cc3[nH]2)n2nccc2n1. The molecule has 6 heteroatoms. The Balaban J connectivity index is 1.51. The Hall–Kier alpha value is -2.89. The lowest BCUT2D eigenvalue weighted by atomic mass is 10.2. The maximum absolute atomic E-state index is 4.64. The van der Waals surface area contributed by atoms with Crippen LogP contribution in [0.1, 0.15) is 24.0 Å². The third-order valence-corrected chi connectivity index (χ3v) is 4.13. The Morgan fingerprint density at radius 2 is 2.08 bits per heavy atom. The number of imidazole rings is 1. The molecule has 0 saturated carbocycles. The molecule has 0 aliphatic heterocycles. The van der Waals surface area contributed by atoms with Crippen LogP contribution < -0.4 is 5.32 Å². The number of nitrogens with zero attached hydrogens (tertiary/aromatic N) is 4. The van der Waals surface area contributed by atoms with E-state index < -0.39 is 0 Å². The number of nitrogens with one attached hydrogen (secondary N) is 2. The molecule has 0 atom stereocenters. The van der Waals surface area contributed by atoms with Gasteiger partial charge in [-0.05, 0) is 31.0 Å². The van der Waals surface area contributed by atoms with Crippen molar-refractivity contribution in [3.05, 3.63) is 53.6 Å². The Morgan fingerprint density at radius 3 is 2.96 bits per heavy atom. The van der Waals surface area contributed by atoms with Crippen LogP contribution in [0.5, 0.6) is 0 Å². The van der Waals surface area contributed by atoms with Crippen LogP contribution in [0.15, 0.2) is 36.5 Å². The Labute approximate surface area is 139 Å². The summed E-state index contributed by atoms with van der Waals surface area (Å²) in [6.45, 7) is 4.97. The van der Waals surface area contributed by atoms with Gasteiger partial charge in [-0.25, -0.2) is 9.97 Å². The molecule has 0 unspecified atom stereocenters. The molecule has 0 aliphatic carbocycles. The molecule has 0 radical (unpaired) electrons. The Kier molecular flexibility index (Phi) is 3.65. The van der Waals surface area contributed by atoms with Gasteiger partial charge in [-0.1, -0.05) is 13.0 Å². The molecule has 0 amide bonds. The molecular weight excluding hydrogens is 300 g/mol. The van der Waals surface area contributed by atoms with E-state index in [0.29, 0.717) is 0 Å². The molecule has 0 saturated heterocycles. The molecule has 3 aromatic heterocycles. The van der Waals surface area contributed by atoms with Crippen molar-refractivity contribution in [3.63, 3.8) is 0 Å². The van der Waals surface area contributed by atoms with Gasteiger partial charge in [-0.15, -0.1) is 0 Å². The molecule has 2 N–H and O–H groups in total. The summed E-state index contributed by atoms with van der Waals surface area (Å²) in [4.78, 5) is 12.6. The van der Waals surface area contributed by atoms with Crippen LogP contribution in [0.3, 0.4) is 0 Å². The van der Waals surface area contributed by atoms with Crippen molar-refractivity contribution in [2.75, 3.05) is 11.9 Å². The van der Waals surface area contributed by atoms with E-state index in [2.05, 4.69) is 63.5 Å². The molecule has 0 spiro atoms. The summed E-state index contributed by atoms with van der Waals surface area (Å²) in [6, 6.07) is 10.3. The normalized spacial score (nSPS) is 11.4. The topological polar surface area (TPSA) is 70.9 Å². The smallest absolute Gasteiger partial charge is 0.157 e. The third kappa shape index (κ3) is 2.71. The van der Waals surface area contributed by atoms with Crippen LogP contribution in [0.4, 0.5) is 5.82 Å². The fourth-order valence-electron chi connectivity index (χ4n) is 2.88. The lowest BCUT2D eigenvalue weighted by Gasteiger charge is -2.09. The first-order valence-electron chi connectivity index (χ1n) is 8.25. The summed E-state index contributed by atoms with van der Waals surface area (Å²) >= 11 is 0. The van der Waals surface area contributed by atoms with Gasteiger partial charge in [0.05, 0.1) is 17.2 Å². The average Bonchev–Trinajstić information content (AvgIpc) is 3.20. The number of benzene rings is 1. The molecule has 4 rings (SSSR count). The van der Waals surface area contributed by atoms with Gasteiger partial charge in [0.15, 0.2) is 5.65 Å². The van der Waals surface area contributed by atoms with E-state index in [1.54, 1.807) is 6.20 Å². The summed E-state index contributed by atoms with van der Waals surface area (Å²) in [6.07, 6.45) is 3.49. The van der Waals surface area contributed by atoms with Crippen LogP contribution in [0.2, 0.25) is 0 Å². The average molecular weight is 320 g/mol. The minimum atomic E-state index is 0.779. The number of anilines is 1. The maximum atomic E-state index is 4.64. The number of aryl methyl sites for hydroxylation is 2.